The lowest BCUT2D eigenvalue weighted by atomic mass is 10.2. The fraction of sp³-hybridized carbons (Fsp3) is 0.421. The second-order valence-electron chi connectivity index (χ2n) is 7.31. The van der Waals surface area contributed by atoms with Gasteiger partial charge in [0.15, 0.2) is 5.69 Å². The first-order chi connectivity index (χ1) is 13.7. The number of rotatable bonds is 6. The summed E-state index contributed by atoms with van der Waals surface area (Å²) in [5, 5.41) is 5.32. The van der Waals surface area contributed by atoms with Gasteiger partial charge in [0.25, 0.3) is 5.91 Å². The molecule has 0 aliphatic carbocycles. The Bertz CT molecular complexity index is 1030. The summed E-state index contributed by atoms with van der Waals surface area (Å²) >= 11 is 0. The van der Waals surface area contributed by atoms with E-state index in [1.165, 1.54) is 17.6 Å². The molecular weight excluding hydrogens is 394 g/mol. The van der Waals surface area contributed by atoms with Gasteiger partial charge in [0, 0.05) is 26.6 Å². The second kappa shape index (κ2) is 8.34. The molecule has 156 valence electrons. The zero-order valence-electron chi connectivity index (χ0n) is 16.7. The number of carbonyl (C=O) groups is 2. The molecule has 1 aliphatic rings. The molecule has 0 unspecified atom stereocenters. The highest BCUT2D eigenvalue weighted by atomic mass is 32.2. The Morgan fingerprint density at radius 3 is 2.55 bits per heavy atom. The van der Waals surface area contributed by atoms with Crippen LogP contribution in [0.5, 0.6) is 0 Å². The molecule has 0 radical (unpaired) electrons. The summed E-state index contributed by atoms with van der Waals surface area (Å²) in [6.45, 7) is 6.20. The van der Waals surface area contributed by atoms with E-state index in [4.69, 9.17) is 0 Å². The van der Waals surface area contributed by atoms with Crippen LogP contribution in [0.15, 0.2) is 35.5 Å². The number of aromatic nitrogens is 2. The first-order valence-electron chi connectivity index (χ1n) is 9.40. The van der Waals surface area contributed by atoms with Gasteiger partial charge in [-0.15, -0.1) is 0 Å². The molecule has 0 fully saturated rings. The van der Waals surface area contributed by atoms with E-state index in [0.29, 0.717) is 24.5 Å². The van der Waals surface area contributed by atoms with Crippen molar-refractivity contribution < 1.29 is 18.0 Å². The number of sulfonamides is 1. The molecule has 0 spiro atoms. The number of hydrogen-bond acceptors (Lipinski definition) is 5. The van der Waals surface area contributed by atoms with Crippen molar-refractivity contribution in [3.8, 4) is 5.69 Å². The van der Waals surface area contributed by atoms with E-state index in [1.807, 2.05) is 13.8 Å². The van der Waals surface area contributed by atoms with Gasteiger partial charge in [-0.3, -0.25) is 14.2 Å². The van der Waals surface area contributed by atoms with Crippen LogP contribution >= 0.6 is 0 Å². The van der Waals surface area contributed by atoms with Gasteiger partial charge < -0.3 is 10.6 Å². The molecule has 9 nitrogen and oxygen atoms in total. The number of para-hydroxylation sites is 1. The largest absolute Gasteiger partial charge is 0.355 e. The third kappa shape index (κ3) is 4.33. The van der Waals surface area contributed by atoms with Crippen LogP contribution in [0.2, 0.25) is 0 Å². The summed E-state index contributed by atoms with van der Waals surface area (Å²) in [4.78, 5) is 28.1. The van der Waals surface area contributed by atoms with Crippen LogP contribution in [-0.4, -0.2) is 53.7 Å². The first kappa shape index (κ1) is 21.0. The minimum atomic E-state index is -3.72. The molecule has 1 aliphatic heterocycles. The van der Waals surface area contributed by atoms with E-state index >= 15 is 0 Å². The van der Waals surface area contributed by atoms with Crippen molar-refractivity contribution in [1.29, 1.82) is 0 Å². The van der Waals surface area contributed by atoms with Crippen LogP contribution in [0.4, 0.5) is 0 Å². The molecule has 2 amide bonds. The standard InChI is InChI=1S/C19H25N5O4S/c1-13(2)10-23-11-16-18(19(26)21-9-8-20-14(3)25)22-12-24(16)15-6-4-5-7-17(15)29(23,27)28/h4-7,12-13H,8-11H2,1-3H3,(H,20,25)(H,21,26). The molecule has 2 heterocycles. The minimum absolute atomic E-state index is 0.0453. The zero-order valence-corrected chi connectivity index (χ0v) is 17.5. The van der Waals surface area contributed by atoms with Gasteiger partial charge in [0.2, 0.25) is 15.9 Å². The van der Waals surface area contributed by atoms with Gasteiger partial charge in [-0.2, -0.15) is 4.31 Å². The number of imidazole rings is 1. The molecule has 1 aromatic carbocycles. The van der Waals surface area contributed by atoms with Crippen LogP contribution in [-0.2, 0) is 21.4 Å². The van der Waals surface area contributed by atoms with Crippen molar-refractivity contribution in [3.05, 3.63) is 42.0 Å². The third-order valence-electron chi connectivity index (χ3n) is 4.50. The molecule has 29 heavy (non-hydrogen) atoms. The number of nitrogens with one attached hydrogen (secondary N) is 2. The Labute approximate surface area is 170 Å². The van der Waals surface area contributed by atoms with Crippen molar-refractivity contribution in [3.63, 3.8) is 0 Å². The van der Waals surface area contributed by atoms with Crippen LogP contribution in [0.1, 0.15) is 37.0 Å². The zero-order chi connectivity index (χ0) is 21.2. The van der Waals surface area contributed by atoms with Gasteiger partial charge in [-0.1, -0.05) is 26.0 Å². The van der Waals surface area contributed by atoms with E-state index < -0.39 is 15.9 Å². The molecular formula is C19H25N5O4S. The monoisotopic (exact) mass is 419 g/mol. The van der Waals surface area contributed by atoms with Gasteiger partial charge in [0.05, 0.1) is 17.9 Å². The molecule has 2 N–H and O–H groups in total. The van der Waals surface area contributed by atoms with E-state index in [1.54, 1.807) is 28.8 Å². The summed E-state index contributed by atoms with van der Waals surface area (Å²) in [5.41, 5.74) is 1.16. The normalized spacial score (nSPS) is 15.3. The first-order valence-corrected chi connectivity index (χ1v) is 10.8. The molecule has 1 aromatic heterocycles. The Kier molecular flexibility index (Phi) is 6.04. The predicted molar refractivity (Wildman–Crippen MR) is 107 cm³/mol. The molecule has 0 saturated heterocycles. The van der Waals surface area contributed by atoms with Crippen LogP contribution in [0.25, 0.3) is 5.69 Å². The number of carbonyl (C=O) groups excluding carboxylic acids is 2. The van der Waals surface area contributed by atoms with E-state index in [-0.39, 0.29) is 35.5 Å². The van der Waals surface area contributed by atoms with Crippen molar-refractivity contribution in [2.24, 2.45) is 5.92 Å². The van der Waals surface area contributed by atoms with Gasteiger partial charge >= 0.3 is 0 Å². The lowest BCUT2D eigenvalue weighted by molar-refractivity contribution is -0.118. The molecule has 0 saturated carbocycles. The Hall–Kier alpha value is -2.72. The van der Waals surface area contributed by atoms with Crippen molar-refractivity contribution in [1.82, 2.24) is 24.5 Å². The minimum Gasteiger partial charge on any atom is -0.355 e. The van der Waals surface area contributed by atoms with E-state index in [0.717, 1.165) is 0 Å². The number of amides is 2. The molecule has 0 bridgehead atoms. The smallest absolute Gasteiger partial charge is 0.271 e. The van der Waals surface area contributed by atoms with E-state index in [2.05, 4.69) is 15.6 Å². The topological polar surface area (TPSA) is 113 Å². The average Bonchev–Trinajstić information content (AvgIpc) is 3.04. The maximum atomic E-state index is 13.2. The maximum Gasteiger partial charge on any atom is 0.271 e. The molecule has 3 rings (SSSR count). The summed E-state index contributed by atoms with van der Waals surface area (Å²) < 4.78 is 29.5. The van der Waals surface area contributed by atoms with Gasteiger partial charge in [0.1, 0.15) is 11.2 Å². The SMILES string of the molecule is CC(=O)NCCNC(=O)c1ncn2c1CN(CC(C)C)S(=O)(=O)c1ccccc1-2. The quantitative estimate of drug-likeness (QED) is 0.676. The molecule has 2 aromatic rings. The van der Waals surface area contributed by atoms with Gasteiger partial charge in [-0.05, 0) is 18.1 Å². The maximum absolute atomic E-state index is 13.2. The number of fused-ring (bicyclic) bond motifs is 3. The summed E-state index contributed by atoms with van der Waals surface area (Å²) in [6, 6.07) is 6.71. The lowest BCUT2D eigenvalue weighted by Gasteiger charge is -2.22. The van der Waals surface area contributed by atoms with Crippen molar-refractivity contribution in [2.75, 3.05) is 19.6 Å². The van der Waals surface area contributed by atoms with Gasteiger partial charge in [-0.25, -0.2) is 13.4 Å². The molecule has 0 atom stereocenters. The predicted octanol–water partition coefficient (Wildman–Crippen LogP) is 0.899. The van der Waals surface area contributed by atoms with Crippen molar-refractivity contribution in [2.45, 2.75) is 32.2 Å². The molecule has 10 heteroatoms. The fourth-order valence-corrected chi connectivity index (χ4v) is 5.00. The summed E-state index contributed by atoms with van der Waals surface area (Å²) in [7, 11) is -3.72. The number of hydrogen-bond donors (Lipinski definition) is 2. The summed E-state index contributed by atoms with van der Waals surface area (Å²) in [6.07, 6.45) is 1.48. The second-order valence-corrected chi connectivity index (χ2v) is 9.21. The summed E-state index contributed by atoms with van der Waals surface area (Å²) in [5.74, 6) is -0.479. The Balaban J connectivity index is 1.98. The highest BCUT2D eigenvalue weighted by molar-refractivity contribution is 7.89. The van der Waals surface area contributed by atoms with Crippen molar-refractivity contribution >= 4 is 21.8 Å². The Morgan fingerprint density at radius 2 is 1.86 bits per heavy atom. The Morgan fingerprint density at radius 1 is 1.17 bits per heavy atom. The van der Waals surface area contributed by atoms with Crippen LogP contribution in [0.3, 0.4) is 0 Å². The third-order valence-corrected chi connectivity index (χ3v) is 6.36. The fourth-order valence-electron chi connectivity index (χ4n) is 3.26. The highest BCUT2D eigenvalue weighted by Crippen LogP contribution is 2.31. The number of nitrogens with zero attached hydrogens (tertiary/aromatic N) is 3. The lowest BCUT2D eigenvalue weighted by Crippen LogP contribution is -2.36. The number of benzene rings is 1. The van der Waals surface area contributed by atoms with Crippen LogP contribution in [0, 0.1) is 5.92 Å². The van der Waals surface area contributed by atoms with Crippen LogP contribution < -0.4 is 10.6 Å². The average molecular weight is 420 g/mol. The van der Waals surface area contributed by atoms with E-state index in [9.17, 15) is 18.0 Å². The highest BCUT2D eigenvalue weighted by Gasteiger charge is 2.34.